The minimum Gasteiger partial charge on any atom is -0.330 e. The van der Waals surface area contributed by atoms with E-state index in [4.69, 9.17) is 5.73 Å². The third-order valence-electron chi connectivity index (χ3n) is 6.49. The molecule has 152 valence electrons. The van der Waals surface area contributed by atoms with Gasteiger partial charge in [-0.1, -0.05) is 29.8 Å². The van der Waals surface area contributed by atoms with Crippen molar-refractivity contribution in [1.82, 2.24) is 19.7 Å². The Bertz CT molecular complexity index is 837. The molecule has 4 rings (SSSR count). The average molecular weight is 393 g/mol. The van der Waals surface area contributed by atoms with Crippen LogP contribution in [0.25, 0.3) is 0 Å². The molecule has 2 N–H and O–H groups in total. The maximum Gasteiger partial charge on any atom is 0.451 e. The van der Waals surface area contributed by atoms with Crippen molar-refractivity contribution in [2.45, 2.75) is 63.3 Å². The van der Waals surface area contributed by atoms with Crippen molar-refractivity contribution < 1.29 is 13.2 Å². The van der Waals surface area contributed by atoms with Crippen molar-refractivity contribution >= 4 is 0 Å². The van der Waals surface area contributed by atoms with Crippen molar-refractivity contribution in [3.8, 4) is 0 Å². The first-order valence-electron chi connectivity index (χ1n) is 9.83. The van der Waals surface area contributed by atoms with Crippen molar-refractivity contribution in [1.29, 1.82) is 0 Å². The van der Waals surface area contributed by atoms with Gasteiger partial charge in [0.15, 0.2) is 0 Å². The molecule has 28 heavy (non-hydrogen) atoms. The quantitative estimate of drug-likeness (QED) is 0.870. The van der Waals surface area contributed by atoms with E-state index in [9.17, 15) is 13.2 Å². The smallest absolute Gasteiger partial charge is 0.330 e. The standard InChI is InChI=1S/C20H26F3N5/c1-14-3-2-4-15(11-14)19(13-24)7-5-16(6-8-19)27-9-10-28-17(12-27)25-26-18(28)20(21,22)23/h2-4,11,16H,5-10,12-13,24H2,1H3. The van der Waals surface area contributed by atoms with Gasteiger partial charge in [0.1, 0.15) is 5.82 Å². The van der Waals surface area contributed by atoms with E-state index >= 15 is 0 Å². The van der Waals surface area contributed by atoms with Gasteiger partial charge in [-0.05, 0) is 38.2 Å². The summed E-state index contributed by atoms with van der Waals surface area (Å²) in [7, 11) is 0. The summed E-state index contributed by atoms with van der Waals surface area (Å²) in [6.45, 7) is 4.02. The predicted molar refractivity (Wildman–Crippen MR) is 99.6 cm³/mol. The molecular formula is C20H26F3N5. The third-order valence-corrected chi connectivity index (χ3v) is 6.49. The number of aryl methyl sites for hydroxylation is 1. The van der Waals surface area contributed by atoms with E-state index in [0.29, 0.717) is 31.5 Å². The van der Waals surface area contributed by atoms with E-state index in [1.165, 1.54) is 15.7 Å². The maximum absolute atomic E-state index is 13.0. The number of hydrogen-bond acceptors (Lipinski definition) is 4. The number of alkyl halides is 3. The van der Waals surface area contributed by atoms with Crippen molar-refractivity contribution in [2.24, 2.45) is 5.73 Å². The van der Waals surface area contributed by atoms with Crippen LogP contribution in [0.2, 0.25) is 0 Å². The van der Waals surface area contributed by atoms with Crippen LogP contribution in [-0.4, -0.2) is 38.8 Å². The lowest BCUT2D eigenvalue weighted by atomic mass is 9.67. The number of rotatable bonds is 3. The highest BCUT2D eigenvalue weighted by atomic mass is 19.4. The number of fused-ring (bicyclic) bond motifs is 1. The largest absolute Gasteiger partial charge is 0.451 e. The van der Waals surface area contributed by atoms with Gasteiger partial charge in [-0.15, -0.1) is 10.2 Å². The number of halogens is 3. The molecule has 8 heteroatoms. The summed E-state index contributed by atoms with van der Waals surface area (Å²) in [6, 6.07) is 8.93. The third kappa shape index (κ3) is 3.43. The molecule has 0 saturated heterocycles. The second-order valence-electron chi connectivity index (χ2n) is 8.14. The fourth-order valence-electron chi connectivity index (χ4n) is 4.80. The maximum atomic E-state index is 13.0. The van der Waals surface area contributed by atoms with E-state index in [-0.39, 0.29) is 12.0 Å². The van der Waals surface area contributed by atoms with Crippen LogP contribution in [0.15, 0.2) is 24.3 Å². The zero-order chi connectivity index (χ0) is 19.9. The van der Waals surface area contributed by atoms with E-state index in [1.54, 1.807) is 0 Å². The van der Waals surface area contributed by atoms with Gasteiger partial charge in [-0.3, -0.25) is 4.90 Å². The van der Waals surface area contributed by atoms with Crippen LogP contribution in [0.4, 0.5) is 13.2 Å². The van der Waals surface area contributed by atoms with Gasteiger partial charge in [0.25, 0.3) is 0 Å². The van der Waals surface area contributed by atoms with Gasteiger partial charge in [0, 0.05) is 31.1 Å². The van der Waals surface area contributed by atoms with Crippen molar-refractivity contribution in [3.63, 3.8) is 0 Å². The fraction of sp³-hybridized carbons (Fsp3) is 0.600. The Morgan fingerprint density at radius 3 is 2.57 bits per heavy atom. The second-order valence-corrected chi connectivity index (χ2v) is 8.14. The molecule has 1 fully saturated rings. The first-order valence-corrected chi connectivity index (χ1v) is 9.83. The Labute approximate surface area is 162 Å². The van der Waals surface area contributed by atoms with E-state index in [1.807, 2.05) is 0 Å². The molecule has 0 unspecified atom stereocenters. The van der Waals surface area contributed by atoms with Gasteiger partial charge in [-0.25, -0.2) is 0 Å². The summed E-state index contributed by atoms with van der Waals surface area (Å²) in [6.07, 6.45) is -0.479. The molecule has 0 radical (unpaired) electrons. The summed E-state index contributed by atoms with van der Waals surface area (Å²) < 4.78 is 40.3. The van der Waals surface area contributed by atoms with Gasteiger partial charge in [-0.2, -0.15) is 13.2 Å². The molecule has 1 aliphatic carbocycles. The second kappa shape index (κ2) is 7.15. The molecule has 0 amide bonds. The monoisotopic (exact) mass is 393 g/mol. The van der Waals surface area contributed by atoms with Gasteiger partial charge >= 0.3 is 6.18 Å². The Hall–Kier alpha value is -1.93. The first-order chi connectivity index (χ1) is 13.3. The Morgan fingerprint density at radius 1 is 1.18 bits per heavy atom. The molecule has 0 spiro atoms. The van der Waals surface area contributed by atoms with Crippen LogP contribution < -0.4 is 5.73 Å². The molecular weight excluding hydrogens is 367 g/mol. The lowest BCUT2D eigenvalue weighted by Gasteiger charge is -2.44. The lowest BCUT2D eigenvalue weighted by molar-refractivity contribution is -0.148. The molecule has 1 aromatic carbocycles. The molecule has 1 aromatic heterocycles. The minimum atomic E-state index is -4.45. The minimum absolute atomic E-state index is 0.00177. The van der Waals surface area contributed by atoms with Crippen LogP contribution in [0.5, 0.6) is 0 Å². The molecule has 2 aliphatic rings. The number of benzene rings is 1. The highest BCUT2D eigenvalue weighted by Crippen LogP contribution is 2.41. The van der Waals surface area contributed by atoms with Gasteiger partial charge in [0.2, 0.25) is 5.82 Å². The summed E-state index contributed by atoms with van der Waals surface area (Å²) in [5.41, 5.74) is 8.76. The first kappa shape index (κ1) is 19.4. The average Bonchev–Trinajstić information content (AvgIpc) is 3.12. The van der Waals surface area contributed by atoms with E-state index < -0.39 is 12.0 Å². The zero-order valence-electron chi connectivity index (χ0n) is 16.0. The Kier molecular flexibility index (Phi) is 4.95. The topological polar surface area (TPSA) is 60.0 Å². The normalized spacial score (nSPS) is 26.2. The molecule has 0 atom stereocenters. The van der Waals surface area contributed by atoms with Crippen LogP contribution in [0, 0.1) is 6.92 Å². The zero-order valence-corrected chi connectivity index (χ0v) is 16.0. The molecule has 2 aromatic rings. The van der Waals surface area contributed by atoms with Crippen LogP contribution in [0.1, 0.15) is 48.5 Å². The van der Waals surface area contributed by atoms with Gasteiger partial charge in [0.05, 0.1) is 6.54 Å². The lowest BCUT2D eigenvalue weighted by Crippen LogP contribution is -2.47. The van der Waals surface area contributed by atoms with E-state index in [0.717, 1.165) is 25.7 Å². The number of nitrogens with two attached hydrogens (primary N) is 1. The van der Waals surface area contributed by atoms with Crippen molar-refractivity contribution in [3.05, 3.63) is 47.0 Å². The van der Waals surface area contributed by atoms with Crippen LogP contribution >= 0.6 is 0 Å². The Morgan fingerprint density at radius 2 is 1.93 bits per heavy atom. The van der Waals surface area contributed by atoms with Crippen LogP contribution in [-0.2, 0) is 24.7 Å². The Balaban J connectivity index is 1.45. The summed E-state index contributed by atoms with van der Waals surface area (Å²) in [5, 5.41) is 7.18. The van der Waals surface area contributed by atoms with Gasteiger partial charge < -0.3 is 10.3 Å². The van der Waals surface area contributed by atoms with Crippen molar-refractivity contribution in [2.75, 3.05) is 13.1 Å². The molecule has 5 nitrogen and oxygen atoms in total. The fourth-order valence-corrected chi connectivity index (χ4v) is 4.80. The summed E-state index contributed by atoms with van der Waals surface area (Å²) in [4.78, 5) is 2.26. The van der Waals surface area contributed by atoms with E-state index in [2.05, 4.69) is 46.3 Å². The highest BCUT2D eigenvalue weighted by molar-refractivity contribution is 5.31. The molecule has 0 bridgehead atoms. The molecule has 2 heterocycles. The molecule has 1 saturated carbocycles. The summed E-state index contributed by atoms with van der Waals surface area (Å²) >= 11 is 0. The number of nitrogens with zero attached hydrogens (tertiary/aromatic N) is 4. The number of aromatic nitrogens is 3. The van der Waals surface area contributed by atoms with Crippen LogP contribution in [0.3, 0.4) is 0 Å². The predicted octanol–water partition coefficient (Wildman–Crippen LogP) is 3.26. The summed E-state index contributed by atoms with van der Waals surface area (Å²) in [5.74, 6) is -0.472. The molecule has 1 aliphatic heterocycles. The SMILES string of the molecule is Cc1cccc(C2(CN)CCC(N3CCn4c(nnc4C(F)(F)F)C3)CC2)c1. The number of hydrogen-bond donors (Lipinski definition) is 1. The highest BCUT2D eigenvalue weighted by Gasteiger charge is 2.41.